The van der Waals surface area contributed by atoms with Crippen LogP contribution in [0.1, 0.15) is 56.9 Å². The summed E-state index contributed by atoms with van der Waals surface area (Å²) < 4.78 is 11.8. The molecule has 1 aliphatic heterocycles. The topological polar surface area (TPSA) is 42.5 Å². The maximum absolute atomic E-state index is 6.14. The Morgan fingerprint density at radius 2 is 1.81 bits per heavy atom. The van der Waals surface area contributed by atoms with Crippen LogP contribution in [0.4, 0.5) is 0 Å². The lowest BCUT2D eigenvalue weighted by molar-refractivity contribution is 0.0524. The van der Waals surface area contributed by atoms with Crippen molar-refractivity contribution in [2.24, 2.45) is 5.92 Å². The largest absolute Gasteiger partial charge is 0.490 e. The average Bonchev–Trinajstić information content (AvgIpc) is 3.18. The molecule has 152 valence electrons. The molecule has 1 aromatic rings. The lowest BCUT2D eigenvalue weighted by atomic mass is 9.94. The molecule has 3 fully saturated rings. The number of benzene rings is 1. The Labute approximate surface area is 170 Å². The van der Waals surface area contributed by atoms with Gasteiger partial charge in [-0.05, 0) is 62.1 Å². The molecule has 0 amide bonds. The van der Waals surface area contributed by atoms with Crippen molar-refractivity contribution in [3.05, 3.63) is 29.8 Å². The van der Waals surface area contributed by atoms with E-state index in [4.69, 9.17) is 9.47 Å². The van der Waals surface area contributed by atoms with Gasteiger partial charge in [-0.2, -0.15) is 0 Å². The molecule has 2 aliphatic carbocycles. The van der Waals surface area contributed by atoms with E-state index < -0.39 is 0 Å². The molecule has 0 radical (unpaired) electrons. The van der Waals surface area contributed by atoms with Crippen molar-refractivity contribution in [3.63, 3.8) is 0 Å². The second kappa shape index (κ2) is 10.7. The van der Waals surface area contributed by atoms with Gasteiger partial charge < -0.3 is 20.1 Å². The van der Waals surface area contributed by atoms with E-state index in [0.717, 1.165) is 32.1 Å². The minimum absolute atomic E-state index is 0. The zero-order chi connectivity index (χ0) is 17.6. The Morgan fingerprint density at radius 1 is 1.00 bits per heavy atom. The Bertz CT molecular complexity index is 542. The SMILES string of the molecule is Cl.c1cc(OC2CCCCC2)ccc1CNC1CCCC1C1COCCN1. The van der Waals surface area contributed by atoms with Crippen molar-refractivity contribution < 1.29 is 9.47 Å². The maximum atomic E-state index is 6.14. The summed E-state index contributed by atoms with van der Waals surface area (Å²) in [7, 11) is 0. The normalized spacial score (nSPS) is 29.3. The molecule has 3 unspecified atom stereocenters. The predicted molar refractivity (Wildman–Crippen MR) is 112 cm³/mol. The van der Waals surface area contributed by atoms with Gasteiger partial charge in [-0.1, -0.05) is 25.0 Å². The Morgan fingerprint density at radius 3 is 2.56 bits per heavy atom. The fraction of sp³-hybridized carbons (Fsp3) is 0.727. The summed E-state index contributed by atoms with van der Waals surface area (Å²) in [5, 5.41) is 7.46. The third-order valence-corrected chi connectivity index (χ3v) is 6.38. The molecule has 1 aromatic carbocycles. The van der Waals surface area contributed by atoms with Crippen molar-refractivity contribution in [2.45, 2.75) is 76.1 Å². The van der Waals surface area contributed by atoms with Gasteiger partial charge in [0.1, 0.15) is 5.75 Å². The third kappa shape index (κ3) is 5.83. The van der Waals surface area contributed by atoms with E-state index in [2.05, 4.69) is 34.9 Å². The number of hydrogen-bond acceptors (Lipinski definition) is 4. The smallest absolute Gasteiger partial charge is 0.119 e. The minimum Gasteiger partial charge on any atom is -0.490 e. The monoisotopic (exact) mass is 394 g/mol. The first kappa shape index (κ1) is 20.9. The highest BCUT2D eigenvalue weighted by Crippen LogP contribution is 2.30. The van der Waals surface area contributed by atoms with E-state index >= 15 is 0 Å². The second-order valence-corrected chi connectivity index (χ2v) is 8.24. The number of rotatable bonds is 6. The number of ether oxygens (including phenoxy) is 2. The number of hydrogen-bond donors (Lipinski definition) is 2. The average molecular weight is 395 g/mol. The molecule has 2 saturated carbocycles. The molecule has 3 atom stereocenters. The lowest BCUT2D eigenvalue weighted by Gasteiger charge is -2.33. The van der Waals surface area contributed by atoms with Gasteiger partial charge in [0.15, 0.2) is 0 Å². The molecule has 0 aromatic heterocycles. The quantitative estimate of drug-likeness (QED) is 0.763. The van der Waals surface area contributed by atoms with E-state index in [1.165, 1.54) is 56.9 Å². The molecule has 27 heavy (non-hydrogen) atoms. The van der Waals surface area contributed by atoms with Crippen molar-refractivity contribution in [2.75, 3.05) is 19.8 Å². The van der Waals surface area contributed by atoms with Gasteiger partial charge in [0.25, 0.3) is 0 Å². The first-order chi connectivity index (χ1) is 12.9. The van der Waals surface area contributed by atoms with E-state index in [1.54, 1.807) is 0 Å². The summed E-state index contributed by atoms with van der Waals surface area (Å²) in [4.78, 5) is 0. The van der Waals surface area contributed by atoms with Gasteiger partial charge in [0.2, 0.25) is 0 Å². The standard InChI is InChI=1S/C22H34N2O2.ClH/c1-2-5-18(6-3-1)26-19-11-9-17(10-12-19)15-24-21-8-4-7-20(21)22-16-25-14-13-23-22;/h9-12,18,20-24H,1-8,13-16H2;1H. The Hall–Kier alpha value is -0.810. The summed E-state index contributed by atoms with van der Waals surface area (Å²) in [5.41, 5.74) is 1.35. The fourth-order valence-electron chi connectivity index (χ4n) is 4.89. The molecule has 3 aliphatic rings. The van der Waals surface area contributed by atoms with Crippen LogP contribution in [0.5, 0.6) is 5.75 Å². The van der Waals surface area contributed by atoms with Crippen LogP contribution in [-0.4, -0.2) is 37.9 Å². The Balaban J connectivity index is 0.00000210. The van der Waals surface area contributed by atoms with Gasteiger partial charge in [0.05, 0.1) is 19.3 Å². The number of nitrogens with one attached hydrogen (secondary N) is 2. The van der Waals surface area contributed by atoms with Gasteiger partial charge in [0, 0.05) is 25.2 Å². The van der Waals surface area contributed by atoms with Crippen LogP contribution in [0, 0.1) is 5.92 Å². The number of morpholine rings is 1. The summed E-state index contributed by atoms with van der Waals surface area (Å²) in [5.74, 6) is 1.73. The van der Waals surface area contributed by atoms with Crippen LogP contribution >= 0.6 is 12.4 Å². The van der Waals surface area contributed by atoms with Crippen molar-refractivity contribution >= 4 is 12.4 Å². The van der Waals surface area contributed by atoms with Crippen LogP contribution in [0.3, 0.4) is 0 Å². The van der Waals surface area contributed by atoms with Gasteiger partial charge in [-0.15, -0.1) is 12.4 Å². The van der Waals surface area contributed by atoms with E-state index in [1.807, 2.05) is 0 Å². The highest BCUT2D eigenvalue weighted by atomic mass is 35.5. The second-order valence-electron chi connectivity index (χ2n) is 8.24. The first-order valence-electron chi connectivity index (χ1n) is 10.7. The van der Waals surface area contributed by atoms with Gasteiger partial charge in [-0.25, -0.2) is 0 Å². The van der Waals surface area contributed by atoms with Gasteiger partial charge >= 0.3 is 0 Å². The number of halogens is 1. The van der Waals surface area contributed by atoms with Crippen LogP contribution in [0.25, 0.3) is 0 Å². The summed E-state index contributed by atoms with van der Waals surface area (Å²) >= 11 is 0. The minimum atomic E-state index is 0. The molecular weight excluding hydrogens is 360 g/mol. The van der Waals surface area contributed by atoms with Crippen LogP contribution < -0.4 is 15.4 Å². The molecular formula is C22H35ClN2O2. The highest BCUT2D eigenvalue weighted by Gasteiger charge is 2.34. The van der Waals surface area contributed by atoms with Crippen LogP contribution in [0.2, 0.25) is 0 Å². The predicted octanol–water partition coefficient (Wildman–Crippen LogP) is 4.07. The van der Waals surface area contributed by atoms with Crippen molar-refractivity contribution in [1.82, 2.24) is 10.6 Å². The van der Waals surface area contributed by atoms with E-state index in [9.17, 15) is 0 Å². The van der Waals surface area contributed by atoms with E-state index in [0.29, 0.717) is 24.1 Å². The highest BCUT2D eigenvalue weighted by molar-refractivity contribution is 5.85. The summed E-state index contributed by atoms with van der Waals surface area (Å²) in [6, 6.07) is 9.86. The van der Waals surface area contributed by atoms with E-state index in [-0.39, 0.29) is 12.4 Å². The summed E-state index contributed by atoms with van der Waals surface area (Å²) in [6.45, 7) is 3.67. The molecule has 4 rings (SSSR count). The molecule has 2 N–H and O–H groups in total. The van der Waals surface area contributed by atoms with Crippen LogP contribution in [0.15, 0.2) is 24.3 Å². The first-order valence-corrected chi connectivity index (χ1v) is 10.7. The van der Waals surface area contributed by atoms with Gasteiger partial charge in [-0.3, -0.25) is 0 Å². The molecule has 1 heterocycles. The molecule has 5 heteroatoms. The molecule has 4 nitrogen and oxygen atoms in total. The van der Waals surface area contributed by atoms with Crippen molar-refractivity contribution in [1.29, 1.82) is 0 Å². The lowest BCUT2D eigenvalue weighted by Crippen LogP contribution is -2.50. The zero-order valence-corrected chi connectivity index (χ0v) is 17.1. The molecule has 0 spiro atoms. The van der Waals surface area contributed by atoms with Crippen LogP contribution in [-0.2, 0) is 11.3 Å². The zero-order valence-electron chi connectivity index (χ0n) is 16.3. The Kier molecular flexibility index (Phi) is 8.25. The molecule has 0 bridgehead atoms. The maximum Gasteiger partial charge on any atom is 0.119 e. The third-order valence-electron chi connectivity index (χ3n) is 6.38. The van der Waals surface area contributed by atoms with Crippen molar-refractivity contribution in [3.8, 4) is 5.75 Å². The fourth-order valence-corrected chi connectivity index (χ4v) is 4.89. The summed E-state index contributed by atoms with van der Waals surface area (Å²) in [6.07, 6.45) is 10.8. The molecule has 1 saturated heterocycles.